The number of carbonyl (C=O) groups excluding carboxylic acids is 1. The molecule has 11 heteroatoms. The first-order valence-electron chi connectivity index (χ1n) is 10.4. The largest absolute Gasteiger partial charge is 0.386 e. The minimum atomic E-state index is -4.12. The van der Waals surface area contributed by atoms with Crippen molar-refractivity contribution >= 4 is 27.3 Å². The van der Waals surface area contributed by atoms with Crippen LogP contribution in [0.4, 0.5) is 18.9 Å². The highest BCUT2D eigenvalue weighted by Gasteiger charge is 2.53. The molecule has 1 aromatic heterocycles. The summed E-state index contributed by atoms with van der Waals surface area (Å²) in [5, 5.41) is 2.52. The monoisotopic (exact) mass is 502 g/mol. The number of amides is 1. The van der Waals surface area contributed by atoms with Crippen LogP contribution < -0.4 is 11.1 Å². The van der Waals surface area contributed by atoms with Gasteiger partial charge in [-0.15, -0.1) is 0 Å². The molecule has 0 saturated carbocycles. The Kier molecular flexibility index (Phi) is 5.92. The van der Waals surface area contributed by atoms with Gasteiger partial charge in [0.2, 0.25) is 0 Å². The van der Waals surface area contributed by atoms with Crippen LogP contribution in [0.25, 0.3) is 0 Å². The SMILES string of the molecule is C[C@@]1(c2cccc(F)c2)C(N)=N[C@](C)(c2cc(NC(=O)c3ccc(F)cn3)ccc2F)CS1(=O)=O. The Balaban J connectivity index is 1.74. The topological polar surface area (TPSA) is 115 Å². The molecule has 1 aliphatic heterocycles. The Morgan fingerprint density at radius 3 is 2.40 bits per heavy atom. The van der Waals surface area contributed by atoms with Gasteiger partial charge in [-0.1, -0.05) is 12.1 Å². The second-order valence-corrected chi connectivity index (χ2v) is 10.9. The van der Waals surface area contributed by atoms with Gasteiger partial charge in [-0.25, -0.2) is 26.6 Å². The third-order valence-corrected chi connectivity index (χ3v) is 8.72. The molecule has 3 N–H and O–H groups in total. The first-order chi connectivity index (χ1) is 16.4. The Labute approximate surface area is 199 Å². The first kappa shape index (κ1) is 24.4. The number of aromatic nitrogens is 1. The second kappa shape index (κ2) is 8.49. The maximum atomic E-state index is 14.9. The van der Waals surface area contributed by atoms with Crippen LogP contribution in [-0.2, 0) is 20.1 Å². The molecule has 2 atom stereocenters. The molecule has 0 aliphatic carbocycles. The van der Waals surface area contributed by atoms with Crippen molar-refractivity contribution in [3.8, 4) is 0 Å². The summed E-state index contributed by atoms with van der Waals surface area (Å²) in [5.74, 6) is -3.62. The summed E-state index contributed by atoms with van der Waals surface area (Å²) in [6.07, 6.45) is 0.881. The quantitative estimate of drug-likeness (QED) is 0.565. The summed E-state index contributed by atoms with van der Waals surface area (Å²) >= 11 is 0. The fourth-order valence-electron chi connectivity index (χ4n) is 4.05. The Bertz CT molecular complexity index is 1460. The number of pyridine rings is 1. The van der Waals surface area contributed by atoms with Crippen LogP contribution >= 0.6 is 0 Å². The number of nitrogens with one attached hydrogen (secondary N) is 1. The lowest BCUT2D eigenvalue weighted by molar-refractivity contribution is 0.102. The fourth-order valence-corrected chi connectivity index (χ4v) is 6.15. The smallest absolute Gasteiger partial charge is 0.274 e. The van der Waals surface area contributed by atoms with Crippen LogP contribution in [0, 0.1) is 17.5 Å². The normalized spacial score (nSPS) is 23.4. The van der Waals surface area contributed by atoms with Crippen molar-refractivity contribution in [1.29, 1.82) is 0 Å². The van der Waals surface area contributed by atoms with E-state index in [1.54, 1.807) is 0 Å². The zero-order chi connectivity index (χ0) is 25.6. The molecular formula is C24H21F3N4O3S. The van der Waals surface area contributed by atoms with Crippen molar-refractivity contribution in [2.75, 3.05) is 11.1 Å². The summed E-state index contributed by atoms with van der Waals surface area (Å²) in [4.78, 5) is 20.5. The maximum Gasteiger partial charge on any atom is 0.274 e. The number of aliphatic imine (C=N–C) groups is 1. The molecule has 0 radical (unpaired) electrons. The molecule has 0 fully saturated rings. The highest BCUT2D eigenvalue weighted by Crippen LogP contribution is 2.43. The van der Waals surface area contributed by atoms with Crippen LogP contribution in [0.15, 0.2) is 65.8 Å². The average Bonchev–Trinajstić information content (AvgIpc) is 2.78. The van der Waals surface area contributed by atoms with E-state index in [-0.39, 0.29) is 28.3 Å². The van der Waals surface area contributed by atoms with Crippen molar-refractivity contribution in [1.82, 2.24) is 4.98 Å². The average molecular weight is 503 g/mol. The van der Waals surface area contributed by atoms with Gasteiger partial charge in [-0.3, -0.25) is 9.79 Å². The third-order valence-electron chi connectivity index (χ3n) is 6.09. The maximum absolute atomic E-state index is 14.9. The van der Waals surface area contributed by atoms with E-state index in [1.165, 1.54) is 50.2 Å². The highest BCUT2D eigenvalue weighted by molar-refractivity contribution is 7.93. The lowest BCUT2D eigenvalue weighted by Crippen LogP contribution is -2.54. The Morgan fingerprint density at radius 2 is 1.77 bits per heavy atom. The van der Waals surface area contributed by atoms with E-state index in [0.29, 0.717) is 0 Å². The highest BCUT2D eigenvalue weighted by atomic mass is 32.2. The molecule has 182 valence electrons. The van der Waals surface area contributed by atoms with Crippen molar-refractivity contribution in [2.24, 2.45) is 10.7 Å². The Hall–Kier alpha value is -3.73. The molecule has 1 amide bonds. The predicted octanol–water partition coefficient (Wildman–Crippen LogP) is 3.67. The van der Waals surface area contributed by atoms with Crippen molar-refractivity contribution in [3.63, 3.8) is 0 Å². The van der Waals surface area contributed by atoms with Gasteiger partial charge >= 0.3 is 0 Å². The van der Waals surface area contributed by atoms with Crippen molar-refractivity contribution in [2.45, 2.75) is 24.1 Å². The van der Waals surface area contributed by atoms with Crippen molar-refractivity contribution < 1.29 is 26.4 Å². The van der Waals surface area contributed by atoms with Gasteiger partial charge in [0.25, 0.3) is 5.91 Å². The molecule has 0 saturated heterocycles. The zero-order valence-corrected chi connectivity index (χ0v) is 19.5. The van der Waals surface area contributed by atoms with Crippen LogP contribution in [-0.4, -0.2) is 30.9 Å². The van der Waals surface area contributed by atoms with Gasteiger partial charge in [0, 0.05) is 11.3 Å². The van der Waals surface area contributed by atoms with E-state index in [1.807, 2.05) is 0 Å². The van der Waals surface area contributed by atoms with Gasteiger partial charge in [0.15, 0.2) is 14.6 Å². The zero-order valence-electron chi connectivity index (χ0n) is 18.7. The standard InChI is InChI=1S/C24H21F3N4O3S/c1-23(13-35(33,34)24(2,22(28)31-23)14-4-3-5-15(25)10-14)18-11-17(7-8-19(18)27)30-21(32)20-9-6-16(26)12-29-20/h3-12H,13H2,1-2H3,(H2,28,31)(H,30,32)/t23-,24+/m0/s1. The summed E-state index contributed by atoms with van der Waals surface area (Å²) in [7, 11) is -4.12. The number of nitrogens with zero attached hydrogens (tertiary/aromatic N) is 2. The molecule has 2 heterocycles. The van der Waals surface area contributed by atoms with E-state index >= 15 is 0 Å². The van der Waals surface area contributed by atoms with E-state index in [4.69, 9.17) is 5.73 Å². The van der Waals surface area contributed by atoms with Gasteiger partial charge in [0.05, 0.1) is 11.9 Å². The number of anilines is 1. The van der Waals surface area contributed by atoms with E-state index < -0.39 is 49.2 Å². The van der Waals surface area contributed by atoms with Gasteiger partial charge in [-0.05, 0) is 61.9 Å². The van der Waals surface area contributed by atoms with Crippen LogP contribution in [0.5, 0.6) is 0 Å². The molecule has 7 nitrogen and oxygen atoms in total. The molecular weight excluding hydrogens is 481 g/mol. The summed E-state index contributed by atoms with van der Waals surface area (Å²) in [6, 6.07) is 10.9. The first-order valence-corrected chi connectivity index (χ1v) is 12.1. The second-order valence-electron chi connectivity index (χ2n) is 8.58. The molecule has 0 unspecified atom stereocenters. The minimum absolute atomic E-state index is 0.0724. The third kappa shape index (κ3) is 4.27. The number of amidine groups is 1. The van der Waals surface area contributed by atoms with Gasteiger partial charge in [0.1, 0.15) is 34.5 Å². The lowest BCUT2D eigenvalue weighted by Gasteiger charge is -2.40. The number of benzene rings is 2. The molecule has 3 aromatic rings. The van der Waals surface area contributed by atoms with Crippen LogP contribution in [0.3, 0.4) is 0 Å². The minimum Gasteiger partial charge on any atom is -0.386 e. The molecule has 1 aliphatic rings. The lowest BCUT2D eigenvalue weighted by atomic mass is 9.91. The van der Waals surface area contributed by atoms with Crippen LogP contribution in [0.1, 0.15) is 35.5 Å². The summed E-state index contributed by atoms with van der Waals surface area (Å²) < 4.78 is 67.0. The van der Waals surface area contributed by atoms with Gasteiger partial charge < -0.3 is 11.1 Å². The van der Waals surface area contributed by atoms with Crippen molar-refractivity contribution in [3.05, 3.63) is 95.1 Å². The Morgan fingerprint density at radius 1 is 1.03 bits per heavy atom. The van der Waals surface area contributed by atoms with E-state index in [0.717, 1.165) is 24.4 Å². The number of carbonyl (C=O) groups is 1. The number of halogens is 3. The predicted molar refractivity (Wildman–Crippen MR) is 125 cm³/mol. The number of nitrogens with two attached hydrogens (primary N) is 1. The number of rotatable bonds is 4. The molecule has 4 rings (SSSR count). The molecule has 0 spiro atoms. The van der Waals surface area contributed by atoms with Gasteiger partial charge in [-0.2, -0.15) is 0 Å². The number of hydrogen-bond acceptors (Lipinski definition) is 6. The van der Waals surface area contributed by atoms with E-state index in [9.17, 15) is 26.4 Å². The number of hydrogen-bond donors (Lipinski definition) is 2. The molecule has 35 heavy (non-hydrogen) atoms. The molecule has 2 aromatic carbocycles. The van der Waals surface area contributed by atoms with E-state index in [2.05, 4.69) is 15.3 Å². The molecule has 0 bridgehead atoms. The fraction of sp³-hybridized carbons (Fsp3) is 0.208. The summed E-state index contributed by atoms with van der Waals surface area (Å²) in [6.45, 7) is 2.74. The summed E-state index contributed by atoms with van der Waals surface area (Å²) in [5.41, 5.74) is 4.59. The van der Waals surface area contributed by atoms with Crippen LogP contribution in [0.2, 0.25) is 0 Å². The number of sulfone groups is 1.